The quantitative estimate of drug-likeness (QED) is 0.641. The molecule has 0 spiro atoms. The molecule has 6 heteroatoms. The van der Waals surface area contributed by atoms with E-state index in [1.165, 1.54) is 12.8 Å². The lowest BCUT2D eigenvalue weighted by atomic mass is 10.0. The lowest BCUT2D eigenvalue weighted by Crippen LogP contribution is -2.45. The lowest BCUT2D eigenvalue weighted by Gasteiger charge is -2.33. The number of hydrogen-bond donors (Lipinski definition) is 2. The van der Waals surface area contributed by atoms with E-state index in [-0.39, 0.29) is 12.0 Å². The third kappa shape index (κ3) is 4.97. The summed E-state index contributed by atoms with van der Waals surface area (Å²) < 4.78 is 5.44. The van der Waals surface area contributed by atoms with Crippen molar-refractivity contribution in [1.29, 1.82) is 0 Å². The number of nitrogens with one attached hydrogen (secondary N) is 2. The molecule has 0 aliphatic carbocycles. The Morgan fingerprint density at radius 2 is 2.23 bits per heavy atom. The molecule has 0 saturated carbocycles. The van der Waals surface area contributed by atoms with Gasteiger partial charge in [0, 0.05) is 39.0 Å². The number of piperidine rings is 1. The van der Waals surface area contributed by atoms with E-state index in [1.54, 1.807) is 0 Å². The van der Waals surface area contributed by atoms with Crippen LogP contribution < -0.4 is 10.6 Å². The molecule has 2 unspecified atom stereocenters. The Hall–Kier alpha value is -2.08. The smallest absolute Gasteiger partial charge is 0.253 e. The molecule has 2 saturated heterocycles. The van der Waals surface area contributed by atoms with Crippen LogP contribution in [0.5, 0.6) is 0 Å². The Morgan fingerprint density at radius 1 is 1.35 bits per heavy atom. The molecule has 2 aliphatic heterocycles. The highest BCUT2D eigenvalue weighted by molar-refractivity contribution is 5.94. The zero-order valence-electron chi connectivity index (χ0n) is 15.8. The van der Waals surface area contributed by atoms with E-state index >= 15 is 0 Å². The summed E-state index contributed by atoms with van der Waals surface area (Å²) in [4.78, 5) is 19.0. The van der Waals surface area contributed by atoms with Crippen molar-refractivity contribution in [2.75, 3.05) is 32.1 Å². The summed E-state index contributed by atoms with van der Waals surface area (Å²) in [6.07, 6.45) is 3.96. The fraction of sp³-hybridized carbons (Fsp3) is 0.600. The third-order valence-corrected chi connectivity index (χ3v) is 5.04. The summed E-state index contributed by atoms with van der Waals surface area (Å²) in [6, 6.07) is 7.94. The molecule has 2 heterocycles. The fourth-order valence-corrected chi connectivity index (χ4v) is 3.66. The van der Waals surface area contributed by atoms with Crippen molar-refractivity contribution < 1.29 is 9.53 Å². The van der Waals surface area contributed by atoms with E-state index in [0.29, 0.717) is 19.1 Å². The monoisotopic (exact) mass is 358 g/mol. The van der Waals surface area contributed by atoms with Crippen LogP contribution in [0, 0.1) is 5.92 Å². The minimum Gasteiger partial charge on any atom is -0.368 e. The summed E-state index contributed by atoms with van der Waals surface area (Å²) in [5.41, 5.74) is 1.92. The molecule has 1 amide bonds. The van der Waals surface area contributed by atoms with Gasteiger partial charge in [-0.25, -0.2) is 0 Å². The average molecular weight is 358 g/mol. The molecule has 2 N–H and O–H groups in total. The fourth-order valence-electron chi connectivity index (χ4n) is 3.66. The Labute approximate surface area is 156 Å². The maximum atomic E-state index is 12.2. The van der Waals surface area contributed by atoms with Gasteiger partial charge in [-0.2, -0.15) is 0 Å². The Morgan fingerprint density at radius 3 is 2.96 bits per heavy atom. The van der Waals surface area contributed by atoms with E-state index in [0.717, 1.165) is 43.1 Å². The first-order valence-corrected chi connectivity index (χ1v) is 9.62. The number of likely N-dealkylation sites (tertiary alicyclic amines) is 1. The number of carbonyl (C=O) groups is 1. The van der Waals surface area contributed by atoms with Crippen LogP contribution in [0.4, 0.5) is 5.69 Å². The number of anilines is 1. The number of benzene rings is 1. The molecule has 2 atom stereocenters. The van der Waals surface area contributed by atoms with Gasteiger partial charge >= 0.3 is 0 Å². The first kappa shape index (κ1) is 18.7. The predicted molar refractivity (Wildman–Crippen MR) is 104 cm³/mol. The minimum atomic E-state index is -0.309. The molecule has 0 bridgehead atoms. The maximum absolute atomic E-state index is 12.2. The van der Waals surface area contributed by atoms with Crippen LogP contribution in [-0.2, 0) is 16.1 Å². The number of aliphatic imine (C=N–C) groups is 1. The highest BCUT2D eigenvalue weighted by Gasteiger charge is 2.23. The van der Waals surface area contributed by atoms with E-state index in [1.807, 2.05) is 25.2 Å². The number of carbonyl (C=O) groups excluding carboxylic acids is 1. The molecule has 2 fully saturated rings. The molecular weight excluding hydrogens is 328 g/mol. The van der Waals surface area contributed by atoms with Crippen molar-refractivity contribution in [1.82, 2.24) is 10.2 Å². The maximum Gasteiger partial charge on any atom is 0.253 e. The van der Waals surface area contributed by atoms with Crippen molar-refractivity contribution in [3.05, 3.63) is 29.8 Å². The van der Waals surface area contributed by atoms with Crippen molar-refractivity contribution in [3.63, 3.8) is 0 Å². The van der Waals surface area contributed by atoms with Crippen LogP contribution in [0.15, 0.2) is 29.3 Å². The molecule has 6 nitrogen and oxygen atoms in total. The molecule has 142 valence electrons. The molecule has 0 radical (unpaired) electrons. The Bertz CT molecular complexity index is 640. The van der Waals surface area contributed by atoms with Crippen LogP contribution >= 0.6 is 0 Å². The van der Waals surface area contributed by atoms with Gasteiger partial charge in [-0.3, -0.25) is 9.79 Å². The first-order valence-electron chi connectivity index (χ1n) is 9.62. The summed E-state index contributed by atoms with van der Waals surface area (Å²) in [5, 5.41) is 6.41. The van der Waals surface area contributed by atoms with Gasteiger partial charge in [-0.05, 0) is 49.3 Å². The topological polar surface area (TPSA) is 66.0 Å². The second-order valence-electron chi connectivity index (χ2n) is 7.29. The zero-order valence-corrected chi connectivity index (χ0v) is 15.8. The third-order valence-electron chi connectivity index (χ3n) is 5.04. The lowest BCUT2D eigenvalue weighted by molar-refractivity contribution is -0.124. The zero-order chi connectivity index (χ0) is 18.4. The van der Waals surface area contributed by atoms with Crippen LogP contribution in [-0.4, -0.2) is 49.6 Å². The SMILES string of the molecule is CN=C(NCc1cccc(NC(=O)C2CCCO2)c1)N1CCCC(C)C1. The van der Waals surface area contributed by atoms with Gasteiger partial charge in [0.2, 0.25) is 0 Å². The van der Waals surface area contributed by atoms with Crippen molar-refractivity contribution in [3.8, 4) is 0 Å². The number of rotatable bonds is 4. The van der Waals surface area contributed by atoms with Crippen LogP contribution in [0.2, 0.25) is 0 Å². The molecule has 26 heavy (non-hydrogen) atoms. The number of amides is 1. The van der Waals surface area contributed by atoms with Crippen LogP contribution in [0.1, 0.15) is 38.2 Å². The normalized spacial score (nSPS) is 23.8. The summed E-state index contributed by atoms with van der Waals surface area (Å²) in [7, 11) is 1.83. The standard InChI is InChI=1S/C20H30N4O2/c1-15-6-4-10-24(14-15)20(21-2)22-13-16-7-3-8-17(12-16)23-19(25)18-9-5-11-26-18/h3,7-8,12,15,18H,4-6,9-11,13-14H2,1-2H3,(H,21,22)(H,23,25). The average Bonchev–Trinajstić information content (AvgIpc) is 3.17. The first-order chi connectivity index (χ1) is 12.7. The highest BCUT2D eigenvalue weighted by atomic mass is 16.5. The molecule has 0 aromatic heterocycles. The van der Waals surface area contributed by atoms with Gasteiger partial charge in [0.25, 0.3) is 5.91 Å². The number of ether oxygens (including phenoxy) is 1. The van der Waals surface area contributed by atoms with E-state index in [4.69, 9.17) is 4.74 Å². The van der Waals surface area contributed by atoms with Gasteiger partial charge in [-0.1, -0.05) is 19.1 Å². The van der Waals surface area contributed by atoms with Gasteiger partial charge in [0.1, 0.15) is 6.10 Å². The van der Waals surface area contributed by atoms with Crippen molar-refractivity contribution in [2.24, 2.45) is 10.9 Å². The molecular formula is C20H30N4O2. The van der Waals surface area contributed by atoms with Gasteiger partial charge in [-0.15, -0.1) is 0 Å². The minimum absolute atomic E-state index is 0.0503. The van der Waals surface area contributed by atoms with Gasteiger partial charge < -0.3 is 20.3 Å². The van der Waals surface area contributed by atoms with Gasteiger partial charge in [0.15, 0.2) is 5.96 Å². The molecule has 3 rings (SSSR count). The van der Waals surface area contributed by atoms with Crippen molar-refractivity contribution >= 4 is 17.6 Å². The summed E-state index contributed by atoms with van der Waals surface area (Å²) in [6.45, 7) is 5.76. The Kier molecular flexibility index (Phi) is 6.50. The van der Waals surface area contributed by atoms with Crippen LogP contribution in [0.3, 0.4) is 0 Å². The number of nitrogens with zero attached hydrogens (tertiary/aromatic N) is 2. The van der Waals surface area contributed by atoms with E-state index in [2.05, 4.69) is 33.5 Å². The molecule has 2 aliphatic rings. The van der Waals surface area contributed by atoms with Crippen molar-refractivity contribution in [2.45, 2.75) is 45.3 Å². The van der Waals surface area contributed by atoms with E-state index in [9.17, 15) is 4.79 Å². The molecule has 1 aromatic rings. The van der Waals surface area contributed by atoms with Crippen LogP contribution in [0.25, 0.3) is 0 Å². The Balaban J connectivity index is 1.55. The predicted octanol–water partition coefficient (Wildman–Crippen LogP) is 2.61. The summed E-state index contributed by atoms with van der Waals surface area (Å²) >= 11 is 0. The van der Waals surface area contributed by atoms with E-state index < -0.39 is 0 Å². The second kappa shape index (κ2) is 9.03. The van der Waals surface area contributed by atoms with Gasteiger partial charge in [0.05, 0.1) is 0 Å². The number of guanidine groups is 1. The highest BCUT2D eigenvalue weighted by Crippen LogP contribution is 2.17. The summed E-state index contributed by atoms with van der Waals surface area (Å²) in [5.74, 6) is 1.61. The largest absolute Gasteiger partial charge is 0.368 e. The number of hydrogen-bond acceptors (Lipinski definition) is 3. The molecule has 1 aromatic carbocycles. The second-order valence-corrected chi connectivity index (χ2v) is 7.29.